The fourth-order valence-electron chi connectivity index (χ4n) is 6.24. The van der Waals surface area contributed by atoms with E-state index >= 15 is 0 Å². The minimum atomic E-state index is -4.45. The molecular formula is C38H39ClF3N7O4S. The first-order chi connectivity index (χ1) is 25.9. The van der Waals surface area contributed by atoms with Crippen LogP contribution in [-0.2, 0) is 24.4 Å². The van der Waals surface area contributed by atoms with E-state index < -0.39 is 24.7 Å². The molecule has 0 saturated carbocycles. The molecule has 284 valence electrons. The Morgan fingerprint density at radius 3 is 2.61 bits per heavy atom. The Balaban J connectivity index is 1.26. The number of alkyl halides is 3. The van der Waals surface area contributed by atoms with E-state index in [1.54, 1.807) is 31.2 Å². The highest BCUT2D eigenvalue weighted by Crippen LogP contribution is 2.45. The Morgan fingerprint density at radius 2 is 1.87 bits per heavy atom. The highest BCUT2D eigenvalue weighted by atomic mass is 35.5. The number of rotatable bonds is 14. The molecule has 0 spiro atoms. The summed E-state index contributed by atoms with van der Waals surface area (Å²) < 4.78 is 52.0. The van der Waals surface area contributed by atoms with Gasteiger partial charge in [-0.15, -0.1) is 17.3 Å². The first-order valence-corrected chi connectivity index (χ1v) is 18.4. The van der Waals surface area contributed by atoms with Crippen molar-refractivity contribution < 1.29 is 32.5 Å². The number of carboxylic acids is 1. The Morgan fingerprint density at radius 1 is 1.09 bits per heavy atom. The number of piperazine rings is 1. The van der Waals surface area contributed by atoms with Crippen LogP contribution in [0.2, 0.25) is 5.02 Å². The fraction of sp³-hybridized carbons (Fsp3) is 0.368. The SMILES string of the molecule is CC#Cc1sc2ncnc(NC(Cc3ccccc3OCc3ccnn3CC(F)(F)F)C(=O)O)c2c1-c1ccc(OCCN2CCN(C)CC2)c(Cl)c1C. The van der Waals surface area contributed by atoms with Gasteiger partial charge < -0.3 is 24.8 Å². The highest BCUT2D eigenvalue weighted by Gasteiger charge is 2.30. The second-order valence-electron chi connectivity index (χ2n) is 12.9. The van der Waals surface area contributed by atoms with Crippen LogP contribution in [0, 0.1) is 18.8 Å². The van der Waals surface area contributed by atoms with E-state index in [1.807, 2.05) is 19.1 Å². The minimum Gasteiger partial charge on any atom is -0.491 e. The lowest BCUT2D eigenvalue weighted by Crippen LogP contribution is -2.45. The third-order valence-corrected chi connectivity index (χ3v) is 10.6. The van der Waals surface area contributed by atoms with E-state index in [4.69, 9.17) is 21.1 Å². The van der Waals surface area contributed by atoms with Gasteiger partial charge in [0, 0.05) is 50.9 Å². The number of aliphatic carboxylic acids is 1. The Bertz CT molecular complexity index is 2170. The third-order valence-electron chi connectivity index (χ3n) is 9.12. The van der Waals surface area contributed by atoms with Gasteiger partial charge in [0.2, 0.25) is 0 Å². The van der Waals surface area contributed by atoms with Crippen molar-refractivity contribution in [2.24, 2.45) is 0 Å². The van der Waals surface area contributed by atoms with Crippen LogP contribution in [0.3, 0.4) is 0 Å². The summed E-state index contributed by atoms with van der Waals surface area (Å²) in [7, 11) is 2.12. The second kappa shape index (κ2) is 17.1. The van der Waals surface area contributed by atoms with Crippen LogP contribution in [0.15, 0.2) is 55.0 Å². The normalized spacial score (nSPS) is 14.4. The topological polar surface area (TPSA) is 118 Å². The molecule has 16 heteroatoms. The zero-order chi connectivity index (χ0) is 38.4. The van der Waals surface area contributed by atoms with Crippen molar-refractivity contribution in [2.45, 2.75) is 45.6 Å². The molecule has 0 bridgehead atoms. The van der Waals surface area contributed by atoms with Crippen molar-refractivity contribution in [3.63, 3.8) is 0 Å². The van der Waals surface area contributed by atoms with Crippen LogP contribution < -0.4 is 14.8 Å². The summed E-state index contributed by atoms with van der Waals surface area (Å²) in [6.45, 7) is 7.48. The number of hydrogen-bond acceptors (Lipinski definition) is 10. The van der Waals surface area contributed by atoms with Crippen LogP contribution in [0.5, 0.6) is 11.5 Å². The fourth-order valence-corrected chi connectivity index (χ4v) is 7.53. The number of carboxylic acid groups (broad SMARTS) is 1. The van der Waals surface area contributed by atoms with Crippen molar-refractivity contribution >= 4 is 44.9 Å². The molecule has 0 amide bonds. The smallest absolute Gasteiger partial charge is 0.408 e. The Hall–Kier alpha value is -4.88. The van der Waals surface area contributed by atoms with Gasteiger partial charge in [-0.3, -0.25) is 9.58 Å². The summed E-state index contributed by atoms with van der Waals surface area (Å²) in [6, 6.07) is 10.8. The van der Waals surface area contributed by atoms with Crippen molar-refractivity contribution in [2.75, 3.05) is 51.7 Å². The summed E-state index contributed by atoms with van der Waals surface area (Å²) >= 11 is 8.30. The number of halogens is 4. The molecule has 6 rings (SSSR count). The van der Waals surface area contributed by atoms with E-state index in [9.17, 15) is 23.1 Å². The lowest BCUT2D eigenvalue weighted by molar-refractivity contribution is -0.143. The third kappa shape index (κ3) is 9.25. The molecule has 0 aliphatic carbocycles. The first-order valence-electron chi connectivity index (χ1n) is 17.2. The number of para-hydroxylation sites is 1. The van der Waals surface area contributed by atoms with E-state index in [0.29, 0.717) is 49.6 Å². The Labute approximate surface area is 319 Å². The monoisotopic (exact) mass is 781 g/mol. The van der Waals surface area contributed by atoms with Gasteiger partial charge in [0.1, 0.15) is 54.3 Å². The van der Waals surface area contributed by atoms with Gasteiger partial charge >= 0.3 is 12.1 Å². The molecular weight excluding hydrogens is 743 g/mol. The number of fused-ring (bicyclic) bond motifs is 1. The number of likely N-dealkylation sites (N-methyl/N-ethyl adjacent to an activating group) is 1. The number of thiophene rings is 1. The van der Waals surface area contributed by atoms with Crippen LogP contribution in [0.4, 0.5) is 19.0 Å². The average molecular weight is 782 g/mol. The number of aromatic nitrogens is 4. The molecule has 1 unspecified atom stereocenters. The lowest BCUT2D eigenvalue weighted by atomic mass is 9.97. The van der Waals surface area contributed by atoms with E-state index in [-0.39, 0.29) is 18.7 Å². The molecule has 1 saturated heterocycles. The zero-order valence-corrected chi connectivity index (χ0v) is 31.5. The molecule has 1 atom stereocenters. The molecule has 1 aliphatic rings. The molecule has 2 N–H and O–H groups in total. The summed E-state index contributed by atoms with van der Waals surface area (Å²) in [5.74, 6) is 6.19. The quantitative estimate of drug-likeness (QED) is 0.117. The molecule has 3 aromatic heterocycles. The molecule has 4 heterocycles. The van der Waals surface area contributed by atoms with Gasteiger partial charge in [0.25, 0.3) is 0 Å². The van der Waals surface area contributed by atoms with Crippen molar-refractivity contribution in [3.8, 4) is 34.5 Å². The number of benzene rings is 2. The summed E-state index contributed by atoms with van der Waals surface area (Å²) in [5.41, 5.74) is 3.01. The van der Waals surface area contributed by atoms with Gasteiger partial charge in [-0.2, -0.15) is 18.3 Å². The predicted molar refractivity (Wildman–Crippen MR) is 202 cm³/mol. The largest absolute Gasteiger partial charge is 0.491 e. The molecule has 2 aromatic carbocycles. The number of carbonyl (C=O) groups is 1. The van der Waals surface area contributed by atoms with Crippen molar-refractivity contribution in [1.82, 2.24) is 29.5 Å². The van der Waals surface area contributed by atoms with Crippen LogP contribution in [-0.4, -0.2) is 99.2 Å². The predicted octanol–water partition coefficient (Wildman–Crippen LogP) is 6.76. The number of nitrogens with zero attached hydrogens (tertiary/aromatic N) is 6. The number of hydrogen-bond donors (Lipinski definition) is 2. The van der Waals surface area contributed by atoms with Gasteiger partial charge in [0.05, 0.1) is 21.0 Å². The molecule has 0 radical (unpaired) electrons. The van der Waals surface area contributed by atoms with E-state index in [0.717, 1.165) is 54.1 Å². The molecule has 5 aromatic rings. The number of anilines is 1. The Kier molecular flexibility index (Phi) is 12.3. The first kappa shape index (κ1) is 38.8. The van der Waals surface area contributed by atoms with E-state index in [1.165, 1.54) is 29.9 Å². The van der Waals surface area contributed by atoms with Gasteiger partial charge in [-0.05, 0) is 55.8 Å². The summed E-state index contributed by atoms with van der Waals surface area (Å²) in [5, 5.41) is 18.4. The lowest BCUT2D eigenvalue weighted by Gasteiger charge is -2.32. The second-order valence-corrected chi connectivity index (χ2v) is 14.2. The maximum atomic E-state index is 13.0. The zero-order valence-electron chi connectivity index (χ0n) is 29.9. The van der Waals surface area contributed by atoms with Gasteiger partial charge in [-0.25, -0.2) is 14.8 Å². The summed E-state index contributed by atoms with van der Waals surface area (Å²) in [4.78, 5) is 27.8. The van der Waals surface area contributed by atoms with Gasteiger partial charge in [-0.1, -0.05) is 41.8 Å². The summed E-state index contributed by atoms with van der Waals surface area (Å²) in [6.07, 6.45) is -1.85. The molecule has 11 nitrogen and oxygen atoms in total. The van der Waals surface area contributed by atoms with Crippen molar-refractivity contribution in [3.05, 3.63) is 81.7 Å². The van der Waals surface area contributed by atoms with Gasteiger partial charge in [0.15, 0.2) is 0 Å². The van der Waals surface area contributed by atoms with Crippen LogP contribution >= 0.6 is 22.9 Å². The molecule has 54 heavy (non-hydrogen) atoms. The maximum absolute atomic E-state index is 13.0. The van der Waals surface area contributed by atoms with Crippen LogP contribution in [0.1, 0.15) is 28.6 Å². The minimum absolute atomic E-state index is 0.0368. The number of nitrogens with one attached hydrogen (secondary N) is 1. The standard InChI is InChI=1S/C38H39ClF3N7O4S/c1-4-7-31-32(27-10-11-30(34(39)24(27)2)52-19-18-48-16-14-47(3)15-17-48)33-35(43-23-44-36(33)54-31)46-28(37(50)51)20-25-8-5-6-9-29(25)53-21-26-12-13-45-49(26)22-38(40,41)42/h5-6,8-13,23,28H,14-22H2,1-3H3,(H,50,51)(H,43,44,46). The average Bonchev–Trinajstić information content (AvgIpc) is 3.73. The number of ether oxygens (including phenoxy) is 2. The maximum Gasteiger partial charge on any atom is 0.408 e. The molecule has 1 fully saturated rings. The van der Waals surface area contributed by atoms with E-state index in [2.05, 4.69) is 49.1 Å². The van der Waals surface area contributed by atoms with Crippen LogP contribution in [0.25, 0.3) is 21.3 Å². The molecule has 1 aliphatic heterocycles. The highest BCUT2D eigenvalue weighted by molar-refractivity contribution is 7.19. The van der Waals surface area contributed by atoms with Crippen molar-refractivity contribution in [1.29, 1.82) is 0 Å².